The highest BCUT2D eigenvalue weighted by atomic mass is 79.9. The molecule has 2 atom stereocenters. The van der Waals surface area contributed by atoms with Crippen molar-refractivity contribution in [1.29, 1.82) is 0 Å². The number of hydrogen-bond donors (Lipinski definition) is 2. The summed E-state index contributed by atoms with van der Waals surface area (Å²) in [6, 6.07) is 30.9. The maximum Gasteiger partial charge on any atom is 0.199 e. The van der Waals surface area contributed by atoms with Crippen LogP contribution >= 0.6 is 32.9 Å². The highest BCUT2D eigenvalue weighted by Gasteiger charge is 2.23. The van der Waals surface area contributed by atoms with Crippen molar-refractivity contribution in [2.75, 3.05) is 32.9 Å². The number of aryl methyl sites for hydroxylation is 1. The molecule has 8 rings (SSSR count). The van der Waals surface area contributed by atoms with E-state index in [4.69, 9.17) is 0 Å². The third kappa shape index (κ3) is 11.1. The van der Waals surface area contributed by atoms with E-state index in [1.165, 1.54) is 78.3 Å². The molecule has 2 aromatic heterocycles. The molecule has 2 aliphatic heterocycles. The largest absolute Gasteiger partial charge is 0.361 e. The van der Waals surface area contributed by atoms with Gasteiger partial charge in [-0.05, 0) is 143 Å². The first-order chi connectivity index (χ1) is 26.4. The first-order valence-corrected chi connectivity index (χ1v) is 22.9. The lowest BCUT2D eigenvalue weighted by atomic mass is 10.0. The smallest absolute Gasteiger partial charge is 0.199 e. The van der Waals surface area contributed by atoms with Crippen molar-refractivity contribution in [3.63, 3.8) is 0 Å². The first kappa shape index (κ1) is 43.6. The van der Waals surface area contributed by atoms with Gasteiger partial charge in [0.1, 0.15) is 0 Å². The van der Waals surface area contributed by atoms with Gasteiger partial charge in [-0.2, -0.15) is 0 Å². The molecule has 0 radical (unpaired) electrons. The van der Waals surface area contributed by atoms with Gasteiger partial charge in [-0.1, -0.05) is 65.0 Å². The monoisotopic (exact) mass is 922 g/mol. The van der Waals surface area contributed by atoms with E-state index in [9.17, 15) is 16.8 Å². The van der Waals surface area contributed by atoms with E-state index in [2.05, 4.69) is 99.1 Å². The van der Waals surface area contributed by atoms with Gasteiger partial charge >= 0.3 is 0 Å². The number of aromatic nitrogens is 2. The third-order valence-corrected chi connectivity index (χ3v) is 14.5. The summed E-state index contributed by atoms with van der Waals surface area (Å²) in [5, 5.41) is 3.53. The van der Waals surface area contributed by atoms with Gasteiger partial charge in [-0.25, -0.2) is 16.8 Å². The molecule has 8 nitrogen and oxygen atoms in total. The van der Waals surface area contributed by atoms with Crippen LogP contribution in [0.2, 0.25) is 0 Å². The van der Waals surface area contributed by atoms with E-state index in [0.717, 1.165) is 33.8 Å². The minimum absolute atomic E-state index is 0. The number of halogens is 2. The van der Waals surface area contributed by atoms with E-state index < -0.39 is 19.7 Å². The van der Waals surface area contributed by atoms with Gasteiger partial charge in [0.2, 0.25) is 0 Å². The molecule has 0 bridgehead atoms. The molecule has 2 saturated heterocycles. The number of nitrogens with one attached hydrogen (secondary N) is 2. The van der Waals surface area contributed by atoms with Gasteiger partial charge in [0.05, 0.1) is 15.5 Å². The van der Waals surface area contributed by atoms with Crippen LogP contribution in [0.5, 0.6) is 0 Å². The number of likely N-dealkylation sites (tertiary alicyclic amines) is 2. The minimum atomic E-state index is -3.25. The first-order valence-electron chi connectivity index (χ1n) is 18.9. The molecule has 4 aromatic carbocycles. The zero-order chi connectivity index (χ0) is 39.0. The van der Waals surface area contributed by atoms with Crippen molar-refractivity contribution in [3.8, 4) is 0 Å². The predicted octanol–water partition coefficient (Wildman–Crippen LogP) is 9.57. The van der Waals surface area contributed by atoms with Gasteiger partial charge < -0.3 is 19.8 Å². The average Bonchev–Trinajstić information content (AvgIpc) is 4.01. The summed E-state index contributed by atoms with van der Waals surface area (Å²) in [6.07, 6.45) is 12.2. The second-order valence-corrected chi connectivity index (χ2v) is 19.5. The van der Waals surface area contributed by atoms with Gasteiger partial charge in [-0.3, -0.25) is 0 Å². The number of hydrogen-bond acceptors (Lipinski definition) is 6. The molecule has 2 N–H and O–H groups in total. The number of nitrogens with zero attached hydrogens (tertiary/aromatic N) is 2. The number of sulfone groups is 2. The van der Waals surface area contributed by atoms with Crippen molar-refractivity contribution in [3.05, 3.63) is 143 Å². The van der Waals surface area contributed by atoms with E-state index in [0.29, 0.717) is 23.4 Å². The molecule has 12 heteroatoms. The number of fused-ring (bicyclic) bond motifs is 2. The summed E-state index contributed by atoms with van der Waals surface area (Å²) in [4.78, 5) is 12.3. The molecule has 0 spiro atoms. The standard InChI is InChI=1S/C22H26N2O2S.C14H17BrN2.C8H8O2S.BrH/c1-24-12-5-6-19(24)15-18-16-23-22-10-9-17(14-21(18)22)11-13-27(25,26)20-7-3-2-4-8-20;1-17-6-2-3-12(17)7-10-9-16-14-5-4-11(15)8-13(10)14;1-2-11(9,10)8-6-4-3-5-7-8;/h2-4,7-10,14,16,19,23H,5-6,11-13,15H2,1H3;4-5,8-9,12,16H,2-3,6-7H2,1H3;2-7H,1H2;1H. The molecule has 0 amide bonds. The van der Waals surface area contributed by atoms with Crippen molar-refractivity contribution in [2.45, 2.75) is 66.8 Å². The lowest BCUT2D eigenvalue weighted by molar-refractivity contribution is 0.310. The number of benzene rings is 4. The van der Waals surface area contributed by atoms with Crippen LogP contribution in [0.25, 0.3) is 21.8 Å². The Kier molecular flexibility index (Phi) is 15.4. The fraction of sp³-hybridized carbons (Fsp3) is 0.318. The van der Waals surface area contributed by atoms with Crippen molar-refractivity contribution in [2.24, 2.45) is 0 Å². The predicted molar refractivity (Wildman–Crippen MR) is 239 cm³/mol. The zero-order valence-corrected chi connectivity index (χ0v) is 37.0. The Morgan fingerprint density at radius 2 is 1.21 bits per heavy atom. The van der Waals surface area contributed by atoms with Gasteiger partial charge in [0, 0.05) is 56.2 Å². The molecule has 56 heavy (non-hydrogen) atoms. The molecule has 2 unspecified atom stereocenters. The van der Waals surface area contributed by atoms with Gasteiger partial charge in [0.25, 0.3) is 0 Å². The Bertz CT molecular complexity index is 2420. The fourth-order valence-electron chi connectivity index (χ4n) is 7.56. The van der Waals surface area contributed by atoms with E-state index in [1.54, 1.807) is 42.5 Å². The van der Waals surface area contributed by atoms with Crippen LogP contribution in [-0.4, -0.2) is 81.6 Å². The summed E-state index contributed by atoms with van der Waals surface area (Å²) in [5.74, 6) is 0.133. The molecule has 6 aromatic rings. The molecule has 0 saturated carbocycles. The van der Waals surface area contributed by atoms with Crippen molar-refractivity contribution >= 4 is 74.4 Å². The Morgan fingerprint density at radius 3 is 1.71 bits per heavy atom. The van der Waals surface area contributed by atoms with Gasteiger partial charge in [0.15, 0.2) is 19.7 Å². The summed E-state index contributed by atoms with van der Waals surface area (Å²) < 4.78 is 48.4. The molecule has 2 aliphatic rings. The van der Waals surface area contributed by atoms with Crippen molar-refractivity contribution in [1.82, 2.24) is 19.8 Å². The second kappa shape index (κ2) is 19.8. The summed E-state index contributed by atoms with van der Waals surface area (Å²) >= 11 is 3.55. The number of likely N-dealkylation sites (N-methyl/N-ethyl adjacent to an activating group) is 2. The van der Waals surface area contributed by atoms with Crippen LogP contribution in [0.3, 0.4) is 0 Å². The summed E-state index contributed by atoms with van der Waals surface area (Å²) in [5.41, 5.74) is 6.21. The Hall–Kier alpha value is -3.52. The number of rotatable bonds is 10. The number of aromatic amines is 2. The lowest BCUT2D eigenvalue weighted by Crippen LogP contribution is -2.26. The van der Waals surface area contributed by atoms with Gasteiger partial charge in [-0.15, -0.1) is 17.0 Å². The van der Waals surface area contributed by atoms with Crippen molar-refractivity contribution < 1.29 is 16.8 Å². The summed E-state index contributed by atoms with van der Waals surface area (Å²) in [7, 11) is -2.04. The minimum Gasteiger partial charge on any atom is -0.361 e. The van der Waals surface area contributed by atoms with Crippen LogP contribution in [-0.2, 0) is 38.9 Å². The third-order valence-electron chi connectivity index (χ3n) is 10.9. The maximum absolute atomic E-state index is 12.5. The van der Waals surface area contributed by atoms with Crippen LogP contribution < -0.4 is 0 Å². The molecule has 2 fully saturated rings. The maximum atomic E-state index is 12.5. The Morgan fingerprint density at radius 1 is 0.714 bits per heavy atom. The molecular formula is C44H52Br2N4O4S2. The van der Waals surface area contributed by atoms with E-state index in [1.807, 2.05) is 12.1 Å². The van der Waals surface area contributed by atoms with E-state index in [-0.39, 0.29) is 27.6 Å². The second-order valence-electron chi connectivity index (χ2n) is 14.6. The topological polar surface area (TPSA) is 106 Å². The Labute approximate surface area is 351 Å². The van der Waals surface area contributed by atoms with E-state index >= 15 is 0 Å². The fourth-order valence-corrected chi connectivity index (χ4v) is 9.96. The highest BCUT2D eigenvalue weighted by molar-refractivity contribution is 9.10. The molecule has 4 heterocycles. The molecule has 298 valence electrons. The average molecular weight is 925 g/mol. The quantitative estimate of drug-likeness (QED) is 0.142. The lowest BCUT2D eigenvalue weighted by Gasteiger charge is -2.18. The SMILES string of the molecule is Br.C=CS(=O)(=O)c1ccccc1.CN1CCCC1Cc1c[nH]c2ccc(Br)cc12.CN1CCCC1Cc1c[nH]c2ccc(CCS(=O)(=O)c3ccccc3)cc12. The van der Waals surface area contributed by atoms with Crippen LogP contribution in [0.1, 0.15) is 42.4 Å². The highest BCUT2D eigenvalue weighted by Crippen LogP contribution is 2.28. The number of H-pyrrole nitrogens is 2. The van der Waals surface area contributed by atoms with Crippen LogP contribution in [0.4, 0.5) is 0 Å². The molecule has 0 aliphatic carbocycles. The van der Waals surface area contributed by atoms with Crippen LogP contribution in [0.15, 0.2) is 136 Å². The summed E-state index contributed by atoms with van der Waals surface area (Å²) in [6.45, 7) is 5.64. The Balaban J connectivity index is 0.000000177. The van der Waals surface area contributed by atoms with Crippen LogP contribution in [0, 0.1) is 0 Å². The zero-order valence-electron chi connectivity index (χ0n) is 32.0. The normalized spacial score (nSPS) is 17.5. The molecular weight excluding hydrogens is 872 g/mol.